The zero-order valence-electron chi connectivity index (χ0n) is 24.9. The Bertz CT molecular complexity index is 1040. The van der Waals surface area contributed by atoms with Crippen molar-refractivity contribution in [3.63, 3.8) is 0 Å². The highest BCUT2D eigenvalue weighted by atomic mass is 16.7. The highest BCUT2D eigenvalue weighted by Crippen LogP contribution is 2.15. The average molecular weight is 626 g/mol. The number of rotatable bonds is 23. The molecular weight excluding hydrogens is 582 g/mol. The molecule has 1 aromatic carbocycles. The number of hydrogen-bond acceptors (Lipinski definition) is 10. The van der Waals surface area contributed by atoms with Crippen molar-refractivity contribution in [3.05, 3.63) is 29.8 Å². The molecule has 16 nitrogen and oxygen atoms in total. The third kappa shape index (κ3) is 17.6. The van der Waals surface area contributed by atoms with E-state index in [0.29, 0.717) is 17.7 Å². The molecule has 44 heavy (non-hydrogen) atoms. The second kappa shape index (κ2) is 19.8. The molecular formula is C28H43N5O11. The normalized spacial score (nSPS) is 11.9. The van der Waals surface area contributed by atoms with Crippen LogP contribution in [0.15, 0.2) is 24.3 Å². The van der Waals surface area contributed by atoms with Crippen molar-refractivity contribution in [1.29, 1.82) is 0 Å². The molecule has 1 aromatic rings. The zero-order chi connectivity index (χ0) is 33.2. The summed E-state index contributed by atoms with van der Waals surface area (Å²) in [5.74, 6) is -5.78. The molecule has 0 fully saturated rings. The number of carbonyl (C=O) groups is 6. The van der Waals surface area contributed by atoms with Crippen LogP contribution in [0.25, 0.3) is 0 Å². The van der Waals surface area contributed by atoms with Gasteiger partial charge in [-0.1, -0.05) is 26.0 Å². The fraction of sp³-hybridized carbons (Fsp3) is 0.571. The van der Waals surface area contributed by atoms with Gasteiger partial charge in [0.05, 0.1) is 25.7 Å². The lowest BCUT2D eigenvalue weighted by Gasteiger charge is -2.27. The Morgan fingerprint density at radius 1 is 0.795 bits per heavy atom. The highest BCUT2D eigenvalue weighted by molar-refractivity contribution is 5.80. The van der Waals surface area contributed by atoms with Crippen LogP contribution in [-0.4, -0.2) is 111 Å². The van der Waals surface area contributed by atoms with Gasteiger partial charge in [-0.2, -0.15) is 5.48 Å². The number of nitrogens with two attached hydrogens (primary N) is 1. The minimum Gasteiger partial charge on any atom is -0.481 e. The second-order valence-corrected chi connectivity index (χ2v) is 10.8. The monoisotopic (exact) mass is 625 g/mol. The molecule has 246 valence electrons. The van der Waals surface area contributed by atoms with Gasteiger partial charge in [0, 0.05) is 32.5 Å². The van der Waals surface area contributed by atoms with Gasteiger partial charge in [-0.15, -0.1) is 0 Å². The summed E-state index contributed by atoms with van der Waals surface area (Å²) in [4.78, 5) is 77.5. The molecule has 0 aromatic heterocycles. The molecule has 0 saturated carbocycles. The van der Waals surface area contributed by atoms with Crippen LogP contribution in [0.5, 0.6) is 5.75 Å². The van der Waals surface area contributed by atoms with Crippen LogP contribution in [0.1, 0.15) is 45.1 Å². The first-order chi connectivity index (χ1) is 20.6. The zero-order valence-corrected chi connectivity index (χ0v) is 24.9. The average Bonchev–Trinajstić information content (AvgIpc) is 2.90. The first kappa shape index (κ1) is 37.7. The SMILES string of the molecule is CC(C)C[C@@H](N)C(=O)NOc1ccc(CNC(=O)CN(CCC(CC(=O)O)CC(=O)O)CCN(CC(=O)O)CC(=O)O)cc1. The van der Waals surface area contributed by atoms with E-state index >= 15 is 0 Å². The molecule has 0 heterocycles. The van der Waals surface area contributed by atoms with Crippen molar-refractivity contribution in [2.75, 3.05) is 39.3 Å². The van der Waals surface area contributed by atoms with E-state index < -0.39 is 60.7 Å². The third-order valence-corrected chi connectivity index (χ3v) is 6.34. The minimum absolute atomic E-state index is 0.0191. The summed E-state index contributed by atoms with van der Waals surface area (Å²) in [7, 11) is 0. The Morgan fingerprint density at radius 2 is 1.34 bits per heavy atom. The van der Waals surface area contributed by atoms with E-state index in [2.05, 4.69) is 10.8 Å². The smallest absolute Gasteiger partial charge is 0.317 e. The quantitative estimate of drug-likeness (QED) is 0.0779. The predicted molar refractivity (Wildman–Crippen MR) is 155 cm³/mol. The Balaban J connectivity index is 2.79. The minimum atomic E-state index is -1.23. The Morgan fingerprint density at radius 3 is 1.84 bits per heavy atom. The van der Waals surface area contributed by atoms with Crippen LogP contribution in [0.2, 0.25) is 0 Å². The molecule has 0 aliphatic rings. The van der Waals surface area contributed by atoms with E-state index in [1.807, 2.05) is 13.8 Å². The van der Waals surface area contributed by atoms with Crippen molar-refractivity contribution in [2.45, 2.75) is 52.1 Å². The second-order valence-electron chi connectivity index (χ2n) is 10.8. The van der Waals surface area contributed by atoms with Crippen LogP contribution in [-0.2, 0) is 35.3 Å². The number of carbonyl (C=O) groups excluding carboxylic acids is 2. The number of nitrogens with zero attached hydrogens (tertiary/aromatic N) is 2. The van der Waals surface area contributed by atoms with Gasteiger partial charge in [-0.05, 0) is 48.9 Å². The van der Waals surface area contributed by atoms with E-state index in [9.17, 15) is 28.8 Å². The van der Waals surface area contributed by atoms with Crippen molar-refractivity contribution >= 4 is 35.7 Å². The van der Waals surface area contributed by atoms with E-state index in [0.717, 1.165) is 0 Å². The number of aliphatic carboxylic acids is 4. The van der Waals surface area contributed by atoms with Crippen molar-refractivity contribution in [2.24, 2.45) is 17.6 Å². The Hall–Kier alpha value is -4.28. The van der Waals surface area contributed by atoms with E-state index in [4.69, 9.17) is 31.0 Å². The summed E-state index contributed by atoms with van der Waals surface area (Å²) in [6.07, 6.45) is -0.140. The predicted octanol–water partition coefficient (Wildman–Crippen LogP) is -0.185. The Kier molecular flexibility index (Phi) is 17.0. The number of amides is 2. The molecule has 0 radical (unpaired) electrons. The maximum atomic E-state index is 12.8. The highest BCUT2D eigenvalue weighted by Gasteiger charge is 2.21. The van der Waals surface area contributed by atoms with Gasteiger partial charge in [0.15, 0.2) is 5.75 Å². The van der Waals surface area contributed by atoms with Crippen LogP contribution < -0.4 is 21.4 Å². The topological polar surface area (TPSA) is 249 Å². The molecule has 0 aliphatic heterocycles. The van der Waals surface area contributed by atoms with E-state index in [1.54, 1.807) is 29.2 Å². The maximum Gasteiger partial charge on any atom is 0.317 e. The first-order valence-electron chi connectivity index (χ1n) is 14.0. The summed E-state index contributed by atoms with van der Waals surface area (Å²) < 4.78 is 0. The van der Waals surface area contributed by atoms with Gasteiger partial charge in [0.1, 0.15) is 0 Å². The molecule has 0 bridgehead atoms. The van der Waals surface area contributed by atoms with Crippen LogP contribution in [0.4, 0.5) is 0 Å². The molecule has 0 unspecified atom stereocenters. The molecule has 1 rings (SSSR count). The fourth-order valence-corrected chi connectivity index (χ4v) is 4.22. The van der Waals surface area contributed by atoms with Crippen molar-refractivity contribution < 1.29 is 54.0 Å². The third-order valence-electron chi connectivity index (χ3n) is 6.34. The summed E-state index contributed by atoms with van der Waals surface area (Å²) >= 11 is 0. The largest absolute Gasteiger partial charge is 0.481 e. The van der Waals surface area contributed by atoms with Gasteiger partial charge in [0.25, 0.3) is 5.91 Å². The van der Waals surface area contributed by atoms with Gasteiger partial charge in [-0.3, -0.25) is 38.6 Å². The van der Waals surface area contributed by atoms with Gasteiger partial charge < -0.3 is 36.3 Å². The molecule has 8 N–H and O–H groups in total. The molecule has 0 spiro atoms. The van der Waals surface area contributed by atoms with Crippen LogP contribution >= 0.6 is 0 Å². The van der Waals surface area contributed by atoms with Crippen molar-refractivity contribution in [3.8, 4) is 5.75 Å². The molecule has 0 saturated heterocycles. The van der Waals surface area contributed by atoms with E-state index in [-0.39, 0.29) is 57.9 Å². The van der Waals surface area contributed by atoms with Crippen LogP contribution in [0, 0.1) is 11.8 Å². The number of hydrogen-bond donors (Lipinski definition) is 7. The standard InChI is InChI=1S/C28H43N5O11/c1-18(2)11-22(29)28(43)31-44-21-5-3-19(4-6-21)14-30-23(34)15-32(8-7-20(12-24(35)36)13-25(37)38)9-10-33(16-26(39)40)17-27(41)42/h3-6,18,20,22H,7-17,29H2,1-2H3,(H,30,34)(H,31,43)(H,35,36)(H,37,38)(H,39,40)(H,41,42)/t22-/m1/s1. The van der Waals surface area contributed by atoms with Crippen LogP contribution in [0.3, 0.4) is 0 Å². The molecule has 2 amide bonds. The summed E-state index contributed by atoms with van der Waals surface area (Å²) in [6.45, 7) is 2.92. The summed E-state index contributed by atoms with van der Waals surface area (Å²) in [6, 6.07) is 5.82. The number of benzene rings is 1. The van der Waals surface area contributed by atoms with Crippen molar-refractivity contribution in [1.82, 2.24) is 20.6 Å². The van der Waals surface area contributed by atoms with Gasteiger partial charge in [-0.25, -0.2) is 0 Å². The summed E-state index contributed by atoms with van der Waals surface area (Å²) in [5.41, 5.74) is 8.83. The lowest BCUT2D eigenvalue weighted by atomic mass is 9.97. The number of hydroxylamine groups is 1. The maximum absolute atomic E-state index is 12.8. The lowest BCUT2D eigenvalue weighted by Crippen LogP contribution is -2.44. The number of nitrogens with one attached hydrogen (secondary N) is 2. The number of carboxylic acids is 4. The Labute approximate surface area is 255 Å². The molecule has 0 aliphatic carbocycles. The molecule has 16 heteroatoms. The fourth-order valence-electron chi connectivity index (χ4n) is 4.22. The van der Waals surface area contributed by atoms with Gasteiger partial charge in [0.2, 0.25) is 5.91 Å². The van der Waals surface area contributed by atoms with E-state index in [1.165, 1.54) is 4.90 Å². The number of carboxylic acid groups (broad SMARTS) is 4. The first-order valence-corrected chi connectivity index (χ1v) is 14.0. The van der Waals surface area contributed by atoms with Gasteiger partial charge >= 0.3 is 23.9 Å². The summed E-state index contributed by atoms with van der Waals surface area (Å²) in [5, 5.41) is 39.2. The molecule has 1 atom stereocenters. The lowest BCUT2D eigenvalue weighted by molar-refractivity contribution is -0.143.